The molecule has 1 aromatic carbocycles. The number of alkyl halides is 3. The summed E-state index contributed by atoms with van der Waals surface area (Å²) in [6.45, 7) is 8.81. The van der Waals surface area contributed by atoms with Crippen molar-refractivity contribution in [3.05, 3.63) is 35.1 Å². The lowest BCUT2D eigenvalue weighted by molar-refractivity contribution is -0.139. The Morgan fingerprint density at radius 2 is 1.82 bits per heavy atom. The number of carbonyl (C=O) groups is 1. The molecule has 7 nitrogen and oxygen atoms in total. The molecular weight excluding hydrogens is 454 g/mol. The van der Waals surface area contributed by atoms with E-state index in [1.165, 1.54) is 11.6 Å². The number of carbonyl (C=O) groups excluding carboxylic acids is 1. The fourth-order valence-corrected chi connectivity index (χ4v) is 3.65. The van der Waals surface area contributed by atoms with Crippen LogP contribution in [0, 0.1) is 5.82 Å². The van der Waals surface area contributed by atoms with E-state index in [0.717, 1.165) is 12.1 Å². The lowest BCUT2D eigenvalue weighted by atomic mass is 10.1. The standard InChI is InChI=1S/C23H29F4N5O2/c1-6-7-8-32-18-13-15(23(25,26)27)16(24)14-17(18)29-20(19(32)28-5)30-9-11-31(12-10-30)21(33)34-22(2,3)4/h7-8,13-14H,6,9-12H2,1-5H3/b8-7-,28-19?. The molecule has 0 N–H and O–H groups in total. The molecule has 0 unspecified atom stereocenters. The Morgan fingerprint density at radius 1 is 1.18 bits per heavy atom. The van der Waals surface area contributed by atoms with Gasteiger partial charge in [0.05, 0.1) is 16.6 Å². The van der Waals surface area contributed by atoms with Crippen LogP contribution in [0.2, 0.25) is 0 Å². The largest absolute Gasteiger partial charge is 0.444 e. The molecule has 0 spiro atoms. The third kappa shape index (κ3) is 5.51. The Morgan fingerprint density at radius 3 is 2.35 bits per heavy atom. The Kier molecular flexibility index (Phi) is 7.23. The van der Waals surface area contributed by atoms with Crippen molar-refractivity contribution >= 4 is 29.1 Å². The van der Waals surface area contributed by atoms with Gasteiger partial charge in [-0.1, -0.05) is 13.0 Å². The summed E-state index contributed by atoms with van der Waals surface area (Å²) in [6.07, 6.45) is -1.23. The molecule has 1 amide bonds. The van der Waals surface area contributed by atoms with Crippen molar-refractivity contribution in [3.8, 4) is 0 Å². The molecule has 3 rings (SSSR count). The molecule has 0 saturated carbocycles. The average molecular weight is 484 g/mol. The molecule has 1 aromatic heterocycles. The number of piperazine rings is 1. The van der Waals surface area contributed by atoms with Gasteiger partial charge in [0.15, 0.2) is 11.3 Å². The summed E-state index contributed by atoms with van der Waals surface area (Å²) in [7, 11) is 1.52. The Labute approximate surface area is 195 Å². The van der Waals surface area contributed by atoms with Gasteiger partial charge in [0, 0.05) is 45.5 Å². The molecule has 11 heteroatoms. The normalized spacial score (nSPS) is 16.1. The van der Waals surface area contributed by atoms with Gasteiger partial charge >= 0.3 is 12.3 Å². The monoisotopic (exact) mass is 483 g/mol. The van der Waals surface area contributed by atoms with Gasteiger partial charge < -0.3 is 14.5 Å². The summed E-state index contributed by atoms with van der Waals surface area (Å²) < 4.78 is 61.3. The lowest BCUT2D eigenvalue weighted by Gasteiger charge is -2.36. The summed E-state index contributed by atoms with van der Waals surface area (Å²) in [4.78, 5) is 24.6. The molecule has 186 valence electrons. The lowest BCUT2D eigenvalue weighted by Crippen LogP contribution is -2.51. The van der Waals surface area contributed by atoms with Gasteiger partial charge in [0.25, 0.3) is 0 Å². The highest BCUT2D eigenvalue weighted by atomic mass is 19.4. The van der Waals surface area contributed by atoms with Crippen LogP contribution in [-0.2, 0) is 10.9 Å². The summed E-state index contributed by atoms with van der Waals surface area (Å²) >= 11 is 0. The highest BCUT2D eigenvalue weighted by molar-refractivity contribution is 5.80. The number of allylic oxidation sites excluding steroid dienone is 1. The first-order valence-corrected chi connectivity index (χ1v) is 11.0. The first-order chi connectivity index (χ1) is 15.9. The van der Waals surface area contributed by atoms with Crippen LogP contribution in [0.15, 0.2) is 23.2 Å². The molecule has 1 fully saturated rings. The number of nitrogens with zero attached hydrogens (tertiary/aromatic N) is 5. The van der Waals surface area contributed by atoms with E-state index in [9.17, 15) is 22.4 Å². The van der Waals surface area contributed by atoms with E-state index in [-0.39, 0.29) is 11.0 Å². The quantitative estimate of drug-likeness (QED) is 0.596. The second-order valence-electron chi connectivity index (χ2n) is 8.92. The minimum Gasteiger partial charge on any atom is -0.444 e. The molecule has 1 saturated heterocycles. The smallest absolute Gasteiger partial charge is 0.419 e. The van der Waals surface area contributed by atoms with Gasteiger partial charge in [0.1, 0.15) is 11.4 Å². The maximum atomic E-state index is 14.3. The predicted octanol–water partition coefficient (Wildman–Crippen LogP) is 4.66. The van der Waals surface area contributed by atoms with Gasteiger partial charge in [-0.05, 0) is 33.3 Å². The van der Waals surface area contributed by atoms with Gasteiger partial charge in [-0.2, -0.15) is 13.2 Å². The van der Waals surface area contributed by atoms with Crippen molar-refractivity contribution in [1.29, 1.82) is 0 Å². The van der Waals surface area contributed by atoms with E-state index in [2.05, 4.69) is 9.98 Å². The fraction of sp³-hybridized carbons (Fsp3) is 0.522. The van der Waals surface area contributed by atoms with Crippen molar-refractivity contribution < 1.29 is 27.1 Å². The summed E-state index contributed by atoms with van der Waals surface area (Å²) in [6, 6.07) is 1.56. The number of fused-ring (bicyclic) bond motifs is 1. The maximum absolute atomic E-state index is 14.3. The number of benzene rings is 1. The highest BCUT2D eigenvalue weighted by Gasteiger charge is 2.35. The summed E-state index contributed by atoms with van der Waals surface area (Å²) in [5, 5.41) is 0. The van der Waals surface area contributed by atoms with Gasteiger partial charge in [-0.3, -0.25) is 9.56 Å². The van der Waals surface area contributed by atoms with Gasteiger partial charge in [0.2, 0.25) is 0 Å². The number of rotatable bonds is 3. The topological polar surface area (TPSA) is 63.0 Å². The molecule has 1 aliphatic rings. The van der Waals surface area contributed by atoms with E-state index in [0.29, 0.717) is 43.9 Å². The number of anilines is 1. The van der Waals surface area contributed by atoms with Crippen LogP contribution in [0.5, 0.6) is 0 Å². The van der Waals surface area contributed by atoms with Crippen molar-refractivity contribution in [2.45, 2.75) is 45.9 Å². The van der Waals surface area contributed by atoms with Crippen LogP contribution >= 0.6 is 0 Å². The number of aromatic nitrogens is 2. The zero-order chi connectivity index (χ0) is 25.3. The van der Waals surface area contributed by atoms with Crippen LogP contribution in [0.1, 0.15) is 39.7 Å². The van der Waals surface area contributed by atoms with E-state index in [4.69, 9.17) is 4.74 Å². The zero-order valence-corrected chi connectivity index (χ0v) is 19.9. The molecule has 1 aliphatic heterocycles. The minimum atomic E-state index is -4.84. The van der Waals surface area contributed by atoms with Crippen molar-refractivity contribution in [1.82, 2.24) is 14.5 Å². The molecule has 0 atom stereocenters. The van der Waals surface area contributed by atoms with Crippen molar-refractivity contribution in [2.24, 2.45) is 4.99 Å². The average Bonchev–Trinajstić information content (AvgIpc) is 2.74. The van der Waals surface area contributed by atoms with Crippen molar-refractivity contribution in [3.63, 3.8) is 0 Å². The molecule has 2 aromatic rings. The van der Waals surface area contributed by atoms with Crippen LogP contribution in [0.4, 0.5) is 28.2 Å². The number of hydrogen-bond donors (Lipinski definition) is 0. The number of halogens is 4. The fourth-order valence-electron chi connectivity index (χ4n) is 3.65. The number of amides is 1. The second kappa shape index (κ2) is 9.63. The number of hydrogen-bond acceptors (Lipinski definition) is 5. The summed E-state index contributed by atoms with van der Waals surface area (Å²) in [5.74, 6) is -0.987. The Balaban J connectivity index is 2.05. The minimum absolute atomic E-state index is 0.0724. The predicted molar refractivity (Wildman–Crippen MR) is 122 cm³/mol. The SMILES string of the molecule is CC/C=C\n1c(=NC)c(N2CCN(C(=O)OC(C)(C)C)CC2)nc2cc(F)c(C(F)(F)F)cc21. The zero-order valence-electron chi connectivity index (χ0n) is 19.9. The highest BCUT2D eigenvalue weighted by Crippen LogP contribution is 2.33. The van der Waals surface area contributed by atoms with Crippen LogP contribution < -0.4 is 10.4 Å². The van der Waals surface area contributed by atoms with Gasteiger partial charge in [-0.25, -0.2) is 14.2 Å². The maximum Gasteiger partial charge on any atom is 0.419 e. The Bertz CT molecular complexity index is 1160. The van der Waals surface area contributed by atoms with E-state index < -0.39 is 29.3 Å². The Hall–Kier alpha value is -3.11. The third-order valence-electron chi connectivity index (χ3n) is 5.22. The molecule has 34 heavy (non-hydrogen) atoms. The molecule has 0 aliphatic carbocycles. The molecule has 0 radical (unpaired) electrons. The first-order valence-electron chi connectivity index (χ1n) is 11.0. The molecule has 2 heterocycles. The first kappa shape index (κ1) is 25.5. The molecular formula is C23H29F4N5O2. The van der Waals surface area contributed by atoms with Crippen LogP contribution in [-0.4, -0.2) is 59.4 Å². The second-order valence-corrected chi connectivity index (χ2v) is 8.92. The summed E-state index contributed by atoms with van der Waals surface area (Å²) in [5.41, 5.74) is -1.47. The third-order valence-corrected chi connectivity index (χ3v) is 5.22. The van der Waals surface area contributed by atoms with E-state index >= 15 is 0 Å². The van der Waals surface area contributed by atoms with Crippen molar-refractivity contribution in [2.75, 3.05) is 38.1 Å². The number of ether oxygens (including phenoxy) is 1. The van der Waals surface area contributed by atoms with E-state index in [1.807, 2.05) is 11.8 Å². The van der Waals surface area contributed by atoms with Crippen LogP contribution in [0.25, 0.3) is 17.2 Å². The van der Waals surface area contributed by atoms with E-state index in [1.54, 1.807) is 37.9 Å². The van der Waals surface area contributed by atoms with Gasteiger partial charge in [-0.15, -0.1) is 0 Å². The van der Waals surface area contributed by atoms with Crippen LogP contribution in [0.3, 0.4) is 0 Å². The molecule has 0 bridgehead atoms.